The minimum absolute atomic E-state index is 0.0586. The Morgan fingerprint density at radius 1 is 1.19 bits per heavy atom. The number of carbonyl (C=O) groups is 1. The summed E-state index contributed by atoms with van der Waals surface area (Å²) in [5.41, 5.74) is 2.59. The summed E-state index contributed by atoms with van der Waals surface area (Å²) in [6, 6.07) is 11.2. The zero-order valence-electron chi connectivity index (χ0n) is 16.8. The number of hydrogen-bond acceptors (Lipinski definition) is 6. The lowest BCUT2D eigenvalue weighted by molar-refractivity contribution is -0.111. The monoisotopic (exact) mass is 450 g/mol. The predicted octanol–water partition coefficient (Wildman–Crippen LogP) is 4.26. The molecule has 2 aromatic carbocycles. The standard InChI is InChI=1S/C22H18FN5O3S/c1-2-5-19(29)26-17-8-3-6-13-14(12-25-21(13)17)15-10-11-24-22(27-15)28-16-7-4-9-18(20(16)23)32(30)31/h2-12,25H,1H3,(H,26,29)(H,30,31)(H,24,27,28)/p-1/b5-2-. The van der Waals surface area contributed by atoms with E-state index in [2.05, 4.69) is 25.6 Å². The van der Waals surface area contributed by atoms with Crippen LogP contribution >= 0.6 is 0 Å². The van der Waals surface area contributed by atoms with E-state index in [1.54, 1.807) is 31.3 Å². The molecule has 0 spiro atoms. The average molecular weight is 450 g/mol. The molecule has 0 saturated carbocycles. The molecule has 0 saturated heterocycles. The van der Waals surface area contributed by atoms with Gasteiger partial charge in [0.15, 0.2) is 5.82 Å². The third-order valence-electron chi connectivity index (χ3n) is 4.61. The summed E-state index contributed by atoms with van der Waals surface area (Å²) in [5.74, 6) is -1.06. The molecule has 0 aliphatic carbocycles. The molecule has 0 radical (unpaired) electrons. The van der Waals surface area contributed by atoms with Crippen LogP contribution in [-0.4, -0.2) is 29.6 Å². The van der Waals surface area contributed by atoms with Gasteiger partial charge in [0, 0.05) is 23.3 Å². The van der Waals surface area contributed by atoms with Crippen molar-refractivity contribution in [3.63, 3.8) is 0 Å². The van der Waals surface area contributed by atoms with Gasteiger partial charge in [-0.25, -0.2) is 14.4 Å². The Morgan fingerprint density at radius 3 is 2.75 bits per heavy atom. The lowest BCUT2D eigenvalue weighted by atomic mass is 10.1. The first-order valence-electron chi connectivity index (χ1n) is 9.50. The maximum absolute atomic E-state index is 14.4. The van der Waals surface area contributed by atoms with E-state index < -0.39 is 21.8 Å². The van der Waals surface area contributed by atoms with Gasteiger partial charge in [0.05, 0.1) is 27.5 Å². The molecular formula is C22H17FN5O3S-. The fourth-order valence-corrected chi connectivity index (χ4v) is 3.67. The molecule has 162 valence electrons. The lowest BCUT2D eigenvalue weighted by Gasteiger charge is -2.11. The number of rotatable bonds is 6. The van der Waals surface area contributed by atoms with Gasteiger partial charge in [-0.1, -0.05) is 24.3 Å². The molecule has 0 aliphatic rings. The van der Waals surface area contributed by atoms with Crippen LogP contribution in [0.3, 0.4) is 0 Å². The summed E-state index contributed by atoms with van der Waals surface area (Å²) in [6.07, 6.45) is 6.35. The summed E-state index contributed by atoms with van der Waals surface area (Å²) in [7, 11) is 0. The number of aromatic amines is 1. The molecule has 0 fully saturated rings. The Kier molecular flexibility index (Phi) is 6.06. The van der Waals surface area contributed by atoms with E-state index in [1.807, 2.05) is 12.1 Å². The number of nitrogens with zero attached hydrogens (tertiary/aromatic N) is 2. The number of carbonyl (C=O) groups excluding carboxylic acids is 1. The van der Waals surface area contributed by atoms with Gasteiger partial charge < -0.3 is 20.2 Å². The largest absolute Gasteiger partial charge is 0.768 e. The normalized spacial score (nSPS) is 12.2. The van der Waals surface area contributed by atoms with E-state index in [0.29, 0.717) is 11.4 Å². The number of halogens is 1. The second-order valence-corrected chi connectivity index (χ2v) is 7.57. The molecule has 1 atom stereocenters. The summed E-state index contributed by atoms with van der Waals surface area (Å²) in [5, 5.41) is 6.37. The molecule has 3 N–H and O–H groups in total. The fourth-order valence-electron chi connectivity index (χ4n) is 3.22. The Morgan fingerprint density at radius 2 is 1.97 bits per heavy atom. The van der Waals surface area contributed by atoms with Crippen LogP contribution in [-0.2, 0) is 15.9 Å². The molecular weight excluding hydrogens is 433 g/mol. The van der Waals surface area contributed by atoms with Crippen LogP contribution in [0, 0.1) is 5.82 Å². The van der Waals surface area contributed by atoms with Crippen LogP contribution in [0.2, 0.25) is 0 Å². The highest BCUT2D eigenvalue weighted by atomic mass is 32.2. The number of para-hydroxylation sites is 1. The number of allylic oxidation sites excluding steroid dienone is 1. The van der Waals surface area contributed by atoms with E-state index >= 15 is 0 Å². The third kappa shape index (κ3) is 4.27. The van der Waals surface area contributed by atoms with Gasteiger partial charge in [-0.05, 0) is 48.3 Å². The van der Waals surface area contributed by atoms with Gasteiger partial charge in [0.2, 0.25) is 11.9 Å². The highest BCUT2D eigenvalue weighted by molar-refractivity contribution is 7.79. The van der Waals surface area contributed by atoms with Crippen LogP contribution < -0.4 is 10.6 Å². The summed E-state index contributed by atoms with van der Waals surface area (Å²) in [4.78, 5) is 23.2. The quantitative estimate of drug-likeness (QED) is 0.298. The van der Waals surface area contributed by atoms with Crippen molar-refractivity contribution in [2.45, 2.75) is 11.8 Å². The zero-order valence-corrected chi connectivity index (χ0v) is 17.6. The Labute approximate surface area is 184 Å². The van der Waals surface area contributed by atoms with Crippen molar-refractivity contribution in [1.29, 1.82) is 0 Å². The van der Waals surface area contributed by atoms with Crippen molar-refractivity contribution in [1.82, 2.24) is 15.0 Å². The molecule has 2 aromatic heterocycles. The second-order valence-electron chi connectivity index (χ2n) is 6.66. The van der Waals surface area contributed by atoms with Crippen LogP contribution in [0.4, 0.5) is 21.7 Å². The van der Waals surface area contributed by atoms with E-state index in [4.69, 9.17) is 0 Å². The SMILES string of the molecule is C/C=C\C(=O)Nc1cccc2c(-c3ccnc(Nc4cccc(S(=O)[O-])c4F)n3)c[nH]c12. The van der Waals surface area contributed by atoms with E-state index in [0.717, 1.165) is 16.5 Å². The van der Waals surface area contributed by atoms with Crippen molar-refractivity contribution in [2.24, 2.45) is 0 Å². The number of nitrogens with one attached hydrogen (secondary N) is 3. The number of fused-ring (bicyclic) bond motifs is 1. The van der Waals surface area contributed by atoms with E-state index in [-0.39, 0.29) is 17.5 Å². The molecule has 32 heavy (non-hydrogen) atoms. The minimum Gasteiger partial charge on any atom is -0.768 e. The molecule has 1 amide bonds. The molecule has 8 nitrogen and oxygen atoms in total. The lowest BCUT2D eigenvalue weighted by Crippen LogP contribution is -2.07. The van der Waals surface area contributed by atoms with Crippen LogP contribution in [0.5, 0.6) is 0 Å². The number of anilines is 3. The molecule has 0 aliphatic heterocycles. The predicted molar refractivity (Wildman–Crippen MR) is 120 cm³/mol. The van der Waals surface area contributed by atoms with Gasteiger partial charge >= 0.3 is 0 Å². The van der Waals surface area contributed by atoms with E-state index in [9.17, 15) is 17.9 Å². The van der Waals surface area contributed by atoms with Gasteiger partial charge in [0.25, 0.3) is 0 Å². The molecule has 10 heteroatoms. The first-order valence-corrected chi connectivity index (χ1v) is 10.6. The van der Waals surface area contributed by atoms with Crippen LogP contribution in [0.15, 0.2) is 71.9 Å². The Balaban J connectivity index is 1.68. The van der Waals surface area contributed by atoms with Gasteiger partial charge in [0.1, 0.15) is 0 Å². The maximum Gasteiger partial charge on any atom is 0.248 e. The highest BCUT2D eigenvalue weighted by Crippen LogP contribution is 2.32. The number of amides is 1. The average Bonchev–Trinajstić information content (AvgIpc) is 3.21. The smallest absolute Gasteiger partial charge is 0.248 e. The van der Waals surface area contributed by atoms with Crippen molar-refractivity contribution < 1.29 is 17.9 Å². The molecule has 4 aromatic rings. The summed E-state index contributed by atoms with van der Waals surface area (Å²) >= 11 is -2.71. The number of H-pyrrole nitrogens is 1. The number of benzene rings is 2. The molecule has 4 rings (SSSR count). The number of hydrogen-bond donors (Lipinski definition) is 3. The van der Waals surface area contributed by atoms with Gasteiger partial charge in [-0.3, -0.25) is 9.00 Å². The Bertz CT molecular complexity index is 1370. The number of aromatic nitrogens is 3. The van der Waals surface area contributed by atoms with Crippen LogP contribution in [0.25, 0.3) is 22.2 Å². The first-order chi connectivity index (χ1) is 15.5. The zero-order chi connectivity index (χ0) is 22.7. The third-order valence-corrected chi connectivity index (χ3v) is 5.29. The Hall–Kier alpha value is -3.89. The first kappa shape index (κ1) is 21.3. The van der Waals surface area contributed by atoms with Gasteiger partial charge in [-0.2, -0.15) is 0 Å². The molecule has 2 heterocycles. The summed E-state index contributed by atoms with van der Waals surface area (Å²) in [6.45, 7) is 1.76. The van der Waals surface area contributed by atoms with Crippen molar-refractivity contribution in [2.75, 3.05) is 10.6 Å². The molecule has 0 bridgehead atoms. The topological polar surface area (TPSA) is 123 Å². The summed E-state index contributed by atoms with van der Waals surface area (Å²) < 4.78 is 36.8. The van der Waals surface area contributed by atoms with Crippen molar-refractivity contribution in [3.05, 3.63) is 72.8 Å². The van der Waals surface area contributed by atoms with E-state index in [1.165, 1.54) is 30.5 Å². The minimum atomic E-state index is -2.71. The highest BCUT2D eigenvalue weighted by Gasteiger charge is 2.14. The second kappa shape index (κ2) is 9.08. The van der Waals surface area contributed by atoms with Crippen LogP contribution in [0.1, 0.15) is 6.92 Å². The van der Waals surface area contributed by atoms with Crippen molar-refractivity contribution in [3.8, 4) is 11.3 Å². The maximum atomic E-state index is 14.4. The van der Waals surface area contributed by atoms with Crippen molar-refractivity contribution >= 4 is 45.2 Å². The fraction of sp³-hybridized carbons (Fsp3) is 0.0455. The molecule has 1 unspecified atom stereocenters. The van der Waals surface area contributed by atoms with Gasteiger partial charge in [-0.15, -0.1) is 0 Å².